The van der Waals surface area contributed by atoms with Crippen molar-refractivity contribution in [3.63, 3.8) is 0 Å². The highest BCUT2D eigenvalue weighted by molar-refractivity contribution is 6.31. The van der Waals surface area contributed by atoms with Crippen LogP contribution in [0.5, 0.6) is 5.75 Å². The molecule has 2 aromatic carbocycles. The van der Waals surface area contributed by atoms with Gasteiger partial charge in [0, 0.05) is 33.3 Å². The van der Waals surface area contributed by atoms with Gasteiger partial charge in [-0.25, -0.2) is 0 Å². The first-order valence-electron chi connectivity index (χ1n) is 11.2. The number of halogens is 2. The molecule has 4 saturated carbocycles. The van der Waals surface area contributed by atoms with Crippen LogP contribution in [0.2, 0.25) is 10.0 Å². The molecule has 4 heteroatoms. The minimum absolute atomic E-state index is 0.255. The molecular formula is C26H31Cl2NO. The van der Waals surface area contributed by atoms with E-state index in [1.807, 2.05) is 42.5 Å². The molecule has 4 fully saturated rings. The van der Waals surface area contributed by atoms with Gasteiger partial charge in [-0.2, -0.15) is 0 Å². The number of hydrogen-bond donors (Lipinski definition) is 1. The number of benzene rings is 2. The Kier molecular flexibility index (Phi) is 5.12. The van der Waals surface area contributed by atoms with Crippen molar-refractivity contribution in [1.29, 1.82) is 0 Å². The minimum atomic E-state index is 0.255. The Morgan fingerprint density at radius 2 is 1.67 bits per heavy atom. The highest BCUT2D eigenvalue weighted by atomic mass is 35.5. The Bertz CT molecular complexity index is 940. The van der Waals surface area contributed by atoms with Gasteiger partial charge in [-0.1, -0.05) is 55.2 Å². The van der Waals surface area contributed by atoms with Gasteiger partial charge in [0.15, 0.2) is 0 Å². The molecule has 0 aliphatic heterocycles. The zero-order valence-corrected chi connectivity index (χ0v) is 19.5. The second kappa shape index (κ2) is 7.43. The lowest BCUT2D eigenvalue weighted by Gasteiger charge is -2.65. The maximum atomic E-state index is 6.35. The van der Waals surface area contributed by atoms with Crippen LogP contribution in [0, 0.1) is 16.7 Å². The predicted octanol–water partition coefficient (Wildman–Crippen LogP) is 7.41. The van der Waals surface area contributed by atoms with Crippen LogP contribution in [-0.2, 0) is 13.2 Å². The Morgan fingerprint density at radius 1 is 0.933 bits per heavy atom. The van der Waals surface area contributed by atoms with Gasteiger partial charge in [0.2, 0.25) is 0 Å². The van der Waals surface area contributed by atoms with Crippen LogP contribution in [0.15, 0.2) is 42.5 Å². The van der Waals surface area contributed by atoms with Crippen molar-refractivity contribution in [3.8, 4) is 5.75 Å². The molecule has 4 aliphatic carbocycles. The number of rotatable bonds is 6. The van der Waals surface area contributed by atoms with E-state index in [1.54, 1.807) is 0 Å². The molecule has 2 atom stereocenters. The first-order chi connectivity index (χ1) is 14.3. The van der Waals surface area contributed by atoms with E-state index in [-0.39, 0.29) is 5.54 Å². The number of nitrogens with one attached hydrogen (secondary N) is 1. The fourth-order valence-corrected chi connectivity index (χ4v) is 7.91. The summed E-state index contributed by atoms with van der Waals surface area (Å²) in [6.07, 6.45) is 8.12. The van der Waals surface area contributed by atoms with E-state index in [0.29, 0.717) is 17.4 Å². The molecule has 4 aliphatic rings. The first-order valence-corrected chi connectivity index (χ1v) is 11.9. The van der Waals surface area contributed by atoms with E-state index in [1.165, 1.54) is 38.5 Å². The normalized spacial score (nSPS) is 34.3. The van der Waals surface area contributed by atoms with Crippen LogP contribution < -0.4 is 10.1 Å². The molecule has 0 amide bonds. The summed E-state index contributed by atoms with van der Waals surface area (Å²) >= 11 is 12.7. The molecular weight excluding hydrogens is 413 g/mol. The van der Waals surface area contributed by atoms with Crippen LogP contribution >= 0.6 is 23.2 Å². The highest BCUT2D eigenvalue weighted by Crippen LogP contribution is 2.66. The first kappa shape index (κ1) is 20.7. The lowest BCUT2D eigenvalue weighted by Crippen LogP contribution is -2.63. The largest absolute Gasteiger partial charge is 0.489 e. The topological polar surface area (TPSA) is 21.3 Å². The van der Waals surface area contributed by atoms with E-state index in [0.717, 1.165) is 39.4 Å². The third-order valence-electron chi connectivity index (χ3n) is 7.64. The summed E-state index contributed by atoms with van der Waals surface area (Å²) in [6.45, 7) is 6.28. The Morgan fingerprint density at radius 3 is 2.37 bits per heavy atom. The van der Waals surface area contributed by atoms with Crippen LogP contribution in [0.1, 0.15) is 63.5 Å². The van der Waals surface area contributed by atoms with E-state index in [2.05, 4.69) is 19.2 Å². The van der Waals surface area contributed by atoms with Crippen LogP contribution in [0.25, 0.3) is 0 Å². The van der Waals surface area contributed by atoms with Crippen molar-refractivity contribution in [3.05, 3.63) is 63.6 Å². The number of ether oxygens (including phenoxy) is 1. The SMILES string of the molecule is CC12CC3CC(C)(C1)CC(NCc1cc(Cl)ccc1OCc1ccccc1Cl)(C3)C2. The fraction of sp³-hybridized carbons (Fsp3) is 0.538. The van der Waals surface area contributed by atoms with Crippen molar-refractivity contribution in [1.82, 2.24) is 5.32 Å². The van der Waals surface area contributed by atoms with Crippen molar-refractivity contribution in [2.24, 2.45) is 16.7 Å². The molecule has 0 heterocycles. The smallest absolute Gasteiger partial charge is 0.124 e. The van der Waals surface area contributed by atoms with E-state index >= 15 is 0 Å². The molecule has 2 nitrogen and oxygen atoms in total. The fourth-order valence-electron chi connectivity index (χ4n) is 7.53. The summed E-state index contributed by atoms with van der Waals surface area (Å²) in [7, 11) is 0. The van der Waals surface area contributed by atoms with Gasteiger partial charge in [0.25, 0.3) is 0 Å². The van der Waals surface area contributed by atoms with Gasteiger partial charge in [-0.05, 0) is 79.5 Å². The van der Waals surface area contributed by atoms with Crippen molar-refractivity contribution >= 4 is 23.2 Å². The lowest BCUT2D eigenvalue weighted by atomic mass is 9.43. The lowest BCUT2D eigenvalue weighted by molar-refractivity contribution is -0.118. The summed E-state index contributed by atoms with van der Waals surface area (Å²) in [5, 5.41) is 5.49. The average Bonchev–Trinajstić information content (AvgIpc) is 2.64. The van der Waals surface area contributed by atoms with Gasteiger partial charge in [-0.15, -0.1) is 0 Å². The molecule has 2 aromatic rings. The minimum Gasteiger partial charge on any atom is -0.489 e. The predicted molar refractivity (Wildman–Crippen MR) is 124 cm³/mol. The molecule has 2 unspecified atom stereocenters. The maximum Gasteiger partial charge on any atom is 0.124 e. The summed E-state index contributed by atoms with van der Waals surface area (Å²) in [4.78, 5) is 0. The molecule has 4 bridgehead atoms. The Balaban J connectivity index is 1.33. The van der Waals surface area contributed by atoms with Crippen LogP contribution in [0.3, 0.4) is 0 Å². The second-order valence-electron chi connectivity index (χ2n) is 10.9. The second-order valence-corrected chi connectivity index (χ2v) is 11.7. The molecule has 30 heavy (non-hydrogen) atoms. The highest BCUT2D eigenvalue weighted by Gasteiger charge is 2.59. The third-order valence-corrected chi connectivity index (χ3v) is 8.25. The van der Waals surface area contributed by atoms with E-state index in [9.17, 15) is 0 Å². The van der Waals surface area contributed by atoms with E-state index < -0.39 is 0 Å². The van der Waals surface area contributed by atoms with Gasteiger partial charge < -0.3 is 10.1 Å². The molecule has 0 saturated heterocycles. The van der Waals surface area contributed by atoms with Gasteiger partial charge in [0.1, 0.15) is 12.4 Å². The van der Waals surface area contributed by atoms with Crippen LogP contribution in [-0.4, -0.2) is 5.54 Å². The monoisotopic (exact) mass is 443 g/mol. The molecule has 0 spiro atoms. The Hall–Kier alpha value is -1.22. The third kappa shape index (κ3) is 3.99. The molecule has 160 valence electrons. The van der Waals surface area contributed by atoms with Crippen molar-refractivity contribution in [2.75, 3.05) is 0 Å². The molecule has 0 radical (unpaired) electrons. The van der Waals surface area contributed by atoms with Crippen molar-refractivity contribution < 1.29 is 4.74 Å². The standard InChI is InChI=1S/C26H31Cl2NO/c1-24-10-18-11-25(2,15-24)17-26(12-18,16-24)29-13-20-9-21(27)7-8-23(20)30-14-19-5-3-4-6-22(19)28/h3-9,18,29H,10-17H2,1-2H3. The zero-order chi connectivity index (χ0) is 21.0. The quantitative estimate of drug-likeness (QED) is 0.501. The summed E-state index contributed by atoms with van der Waals surface area (Å²) < 4.78 is 6.19. The van der Waals surface area contributed by atoms with Gasteiger partial charge in [0.05, 0.1) is 0 Å². The summed E-state index contributed by atoms with van der Waals surface area (Å²) in [5.41, 5.74) is 3.37. The number of hydrogen-bond acceptors (Lipinski definition) is 2. The maximum absolute atomic E-state index is 6.35. The molecule has 0 aromatic heterocycles. The van der Waals surface area contributed by atoms with E-state index in [4.69, 9.17) is 27.9 Å². The summed E-state index contributed by atoms with van der Waals surface area (Å²) in [5.74, 6) is 1.76. The van der Waals surface area contributed by atoms with Gasteiger partial charge in [-0.3, -0.25) is 0 Å². The van der Waals surface area contributed by atoms with Crippen molar-refractivity contribution in [2.45, 2.75) is 71.1 Å². The Labute approximate surface area is 190 Å². The summed E-state index contributed by atoms with van der Waals surface area (Å²) in [6, 6.07) is 13.8. The zero-order valence-electron chi connectivity index (χ0n) is 17.9. The average molecular weight is 444 g/mol. The van der Waals surface area contributed by atoms with Crippen LogP contribution in [0.4, 0.5) is 0 Å². The molecule has 1 N–H and O–H groups in total. The van der Waals surface area contributed by atoms with Gasteiger partial charge >= 0.3 is 0 Å². The molecule has 6 rings (SSSR count).